The molecule has 2 aromatic rings. The summed E-state index contributed by atoms with van der Waals surface area (Å²) in [7, 11) is 1.64. The first-order valence-corrected chi connectivity index (χ1v) is 5.35. The Balaban J connectivity index is 2.11. The lowest BCUT2D eigenvalue weighted by atomic mass is 10.1. The summed E-state index contributed by atoms with van der Waals surface area (Å²) >= 11 is 0. The highest BCUT2D eigenvalue weighted by Crippen LogP contribution is 2.14. The molecule has 0 heterocycles. The second-order valence-corrected chi connectivity index (χ2v) is 3.66. The molecule has 1 nitrogen and oxygen atoms in total. The fraction of sp³-hybridized carbons (Fsp3) is 0.0667. The highest BCUT2D eigenvalue weighted by Gasteiger charge is 1.91. The minimum Gasteiger partial charge on any atom is -0.497 e. The van der Waals surface area contributed by atoms with Crippen LogP contribution >= 0.6 is 0 Å². The molecule has 0 aliphatic heterocycles. The van der Waals surface area contributed by atoms with Crippen LogP contribution in [0.1, 0.15) is 11.1 Å². The van der Waals surface area contributed by atoms with E-state index in [2.05, 4.69) is 0 Å². The lowest BCUT2D eigenvalue weighted by molar-refractivity contribution is 0.415. The fourth-order valence-corrected chi connectivity index (χ4v) is 1.48. The lowest BCUT2D eigenvalue weighted by Crippen LogP contribution is -1.81. The summed E-state index contributed by atoms with van der Waals surface area (Å²) in [5, 5.41) is 0. The van der Waals surface area contributed by atoms with E-state index in [1.54, 1.807) is 19.2 Å². The van der Waals surface area contributed by atoms with Gasteiger partial charge in [0.25, 0.3) is 0 Å². The molecule has 0 aliphatic rings. The minimum absolute atomic E-state index is 0.216. The molecule has 2 rings (SSSR count). The van der Waals surface area contributed by atoms with Gasteiger partial charge in [-0.2, -0.15) is 0 Å². The third kappa shape index (κ3) is 3.18. The number of methoxy groups -OCH3 is 1. The number of hydrogen-bond donors (Lipinski definition) is 0. The van der Waals surface area contributed by atoms with Crippen LogP contribution in [0.2, 0.25) is 0 Å². The van der Waals surface area contributed by atoms with Gasteiger partial charge < -0.3 is 4.74 Å². The maximum absolute atomic E-state index is 12.7. The van der Waals surface area contributed by atoms with Crippen molar-refractivity contribution in [2.24, 2.45) is 0 Å². The predicted molar refractivity (Wildman–Crippen MR) is 68.3 cm³/mol. The molecule has 0 fully saturated rings. The summed E-state index contributed by atoms with van der Waals surface area (Å²) < 4.78 is 17.8. The van der Waals surface area contributed by atoms with Crippen molar-refractivity contribution in [3.63, 3.8) is 0 Å². The highest BCUT2D eigenvalue weighted by molar-refractivity contribution is 5.69. The molecule has 0 unspecified atom stereocenters. The average Bonchev–Trinajstić information content (AvgIpc) is 2.39. The Bertz CT molecular complexity index is 497. The van der Waals surface area contributed by atoms with Crippen LogP contribution in [0.4, 0.5) is 4.39 Å². The van der Waals surface area contributed by atoms with Crippen LogP contribution < -0.4 is 4.74 Å². The molecule has 0 radical (unpaired) electrons. The van der Waals surface area contributed by atoms with E-state index in [4.69, 9.17) is 4.74 Å². The van der Waals surface area contributed by atoms with Gasteiger partial charge in [-0.3, -0.25) is 0 Å². The monoisotopic (exact) mass is 228 g/mol. The molecule has 0 bridgehead atoms. The molecule has 0 saturated carbocycles. The van der Waals surface area contributed by atoms with Crippen molar-refractivity contribution in [3.05, 3.63) is 65.5 Å². The van der Waals surface area contributed by atoms with Crippen molar-refractivity contribution in [2.45, 2.75) is 0 Å². The normalized spacial score (nSPS) is 10.7. The molecule has 0 aromatic heterocycles. The summed E-state index contributed by atoms with van der Waals surface area (Å²) in [6.45, 7) is 0. The van der Waals surface area contributed by atoms with E-state index >= 15 is 0 Å². The topological polar surface area (TPSA) is 9.23 Å². The maximum Gasteiger partial charge on any atom is 0.123 e. The summed E-state index contributed by atoms with van der Waals surface area (Å²) in [6.07, 6.45) is 3.92. The van der Waals surface area contributed by atoms with E-state index in [9.17, 15) is 4.39 Å². The number of halogens is 1. The van der Waals surface area contributed by atoms with Gasteiger partial charge in [0.1, 0.15) is 11.6 Å². The van der Waals surface area contributed by atoms with Crippen LogP contribution in [0.25, 0.3) is 12.2 Å². The zero-order valence-electron chi connectivity index (χ0n) is 9.56. The van der Waals surface area contributed by atoms with Crippen molar-refractivity contribution >= 4 is 12.2 Å². The maximum atomic E-state index is 12.7. The number of hydrogen-bond acceptors (Lipinski definition) is 1. The van der Waals surface area contributed by atoms with E-state index < -0.39 is 0 Å². The van der Waals surface area contributed by atoms with Crippen molar-refractivity contribution < 1.29 is 9.13 Å². The van der Waals surface area contributed by atoms with E-state index in [-0.39, 0.29) is 5.82 Å². The number of benzene rings is 2. The van der Waals surface area contributed by atoms with Gasteiger partial charge in [0, 0.05) is 0 Å². The SMILES string of the molecule is COc1ccc(C=Cc2ccc(F)cc2)cc1. The first-order valence-electron chi connectivity index (χ1n) is 5.35. The van der Waals surface area contributed by atoms with Crippen LogP contribution in [0, 0.1) is 5.82 Å². The molecule has 86 valence electrons. The molecule has 0 atom stereocenters. The average molecular weight is 228 g/mol. The van der Waals surface area contributed by atoms with E-state index in [0.29, 0.717) is 0 Å². The van der Waals surface area contributed by atoms with Gasteiger partial charge in [-0.15, -0.1) is 0 Å². The van der Waals surface area contributed by atoms with Crippen LogP contribution in [0.5, 0.6) is 5.75 Å². The summed E-state index contributed by atoms with van der Waals surface area (Å²) in [4.78, 5) is 0. The Labute approximate surface area is 100 Å². The first-order chi connectivity index (χ1) is 8.28. The Morgan fingerprint density at radius 1 is 0.824 bits per heavy atom. The van der Waals surface area contributed by atoms with E-state index in [0.717, 1.165) is 16.9 Å². The summed E-state index contributed by atoms with van der Waals surface area (Å²) in [5.74, 6) is 0.621. The van der Waals surface area contributed by atoms with E-state index in [1.165, 1.54) is 12.1 Å². The van der Waals surface area contributed by atoms with Crippen LogP contribution in [-0.2, 0) is 0 Å². The highest BCUT2D eigenvalue weighted by atomic mass is 19.1. The molecular formula is C15H13FO. The smallest absolute Gasteiger partial charge is 0.123 e. The summed E-state index contributed by atoms with van der Waals surface area (Å²) in [6, 6.07) is 14.2. The van der Waals surface area contributed by atoms with Gasteiger partial charge in [0.15, 0.2) is 0 Å². The molecule has 17 heavy (non-hydrogen) atoms. The third-order valence-corrected chi connectivity index (χ3v) is 2.45. The first kappa shape index (κ1) is 11.4. The van der Waals surface area contributed by atoms with Gasteiger partial charge >= 0.3 is 0 Å². The predicted octanol–water partition coefficient (Wildman–Crippen LogP) is 4.00. The van der Waals surface area contributed by atoms with Crippen molar-refractivity contribution in [2.75, 3.05) is 7.11 Å². The lowest BCUT2D eigenvalue weighted by Gasteiger charge is -1.99. The summed E-state index contributed by atoms with van der Waals surface area (Å²) in [5.41, 5.74) is 2.05. The van der Waals surface area contributed by atoms with Gasteiger partial charge in [-0.05, 0) is 35.4 Å². The molecule has 0 amide bonds. The molecule has 2 heteroatoms. The molecule has 0 aliphatic carbocycles. The van der Waals surface area contributed by atoms with E-state index in [1.807, 2.05) is 36.4 Å². The Morgan fingerprint density at radius 2 is 1.29 bits per heavy atom. The van der Waals surface area contributed by atoms with Gasteiger partial charge in [-0.1, -0.05) is 36.4 Å². The van der Waals surface area contributed by atoms with Gasteiger partial charge in [0.2, 0.25) is 0 Å². The number of ether oxygens (including phenoxy) is 1. The van der Waals surface area contributed by atoms with Gasteiger partial charge in [0.05, 0.1) is 7.11 Å². The van der Waals surface area contributed by atoms with Crippen molar-refractivity contribution in [3.8, 4) is 5.75 Å². The van der Waals surface area contributed by atoms with Crippen molar-refractivity contribution in [1.29, 1.82) is 0 Å². The van der Waals surface area contributed by atoms with Gasteiger partial charge in [-0.25, -0.2) is 4.39 Å². The molecule has 0 saturated heterocycles. The standard InChI is InChI=1S/C15H13FO/c1-17-15-10-6-13(7-11-15)3-2-12-4-8-14(16)9-5-12/h2-11H,1H3. The fourth-order valence-electron chi connectivity index (χ4n) is 1.48. The minimum atomic E-state index is -0.216. The number of rotatable bonds is 3. The Hall–Kier alpha value is -2.09. The van der Waals surface area contributed by atoms with Crippen LogP contribution in [-0.4, -0.2) is 7.11 Å². The molecule has 0 N–H and O–H groups in total. The second-order valence-electron chi connectivity index (χ2n) is 3.66. The Kier molecular flexibility index (Phi) is 3.55. The van der Waals surface area contributed by atoms with Crippen molar-refractivity contribution in [1.82, 2.24) is 0 Å². The zero-order valence-corrected chi connectivity index (χ0v) is 9.56. The molecule has 2 aromatic carbocycles. The largest absolute Gasteiger partial charge is 0.497 e. The van der Waals surface area contributed by atoms with Crippen LogP contribution in [0.3, 0.4) is 0 Å². The van der Waals surface area contributed by atoms with Crippen LogP contribution in [0.15, 0.2) is 48.5 Å². The third-order valence-electron chi connectivity index (χ3n) is 2.45. The molecule has 0 spiro atoms. The quantitative estimate of drug-likeness (QED) is 0.721. The molecular weight excluding hydrogens is 215 g/mol. The zero-order chi connectivity index (χ0) is 12.1. The second kappa shape index (κ2) is 5.30. The Morgan fingerprint density at radius 3 is 1.76 bits per heavy atom.